The molecule has 19 heavy (non-hydrogen) atoms. The van der Waals surface area contributed by atoms with Gasteiger partial charge in [-0.25, -0.2) is 4.79 Å². The summed E-state index contributed by atoms with van der Waals surface area (Å²) in [7, 11) is 0. The third-order valence-electron chi connectivity index (χ3n) is 2.43. The van der Waals surface area contributed by atoms with Crippen LogP contribution in [0.4, 0.5) is 0 Å². The minimum absolute atomic E-state index is 0.213. The minimum Gasteiger partial charge on any atom is -0.335 e. The highest BCUT2D eigenvalue weighted by Crippen LogP contribution is 2.12. The van der Waals surface area contributed by atoms with Crippen molar-refractivity contribution in [3.05, 3.63) is 35.4 Å². The summed E-state index contributed by atoms with van der Waals surface area (Å²) in [6.45, 7) is 0. The van der Waals surface area contributed by atoms with Gasteiger partial charge in [-0.05, 0) is 24.5 Å². The molecule has 0 unspecified atom stereocenters. The molecule has 0 radical (unpaired) electrons. The predicted octanol–water partition coefficient (Wildman–Crippen LogP) is 3.18. The molecule has 104 valence electrons. The van der Waals surface area contributed by atoms with E-state index in [9.17, 15) is 9.59 Å². The molecule has 1 rings (SSSR count). The van der Waals surface area contributed by atoms with E-state index in [1.54, 1.807) is 24.3 Å². The van der Waals surface area contributed by atoms with E-state index in [0.29, 0.717) is 17.5 Å². The highest BCUT2D eigenvalue weighted by molar-refractivity contribution is 9.09. The number of carbonyl (C=O) groups excluding carboxylic acids is 2. The monoisotopic (exact) mass is 347 g/mol. The maximum atomic E-state index is 11.8. The normalized spacial score (nSPS) is 10.0. The van der Waals surface area contributed by atoms with E-state index in [4.69, 9.17) is 16.4 Å². The van der Waals surface area contributed by atoms with Crippen molar-refractivity contribution in [3.8, 4) is 0 Å². The summed E-state index contributed by atoms with van der Waals surface area (Å²) >= 11 is 9.00. The van der Waals surface area contributed by atoms with Crippen molar-refractivity contribution >= 4 is 39.4 Å². The second-order valence-electron chi connectivity index (χ2n) is 3.85. The average Bonchev–Trinajstić information content (AvgIpc) is 2.45. The number of rotatable bonds is 6. The first-order chi connectivity index (χ1) is 9.19. The number of hydrogen-bond donors (Lipinski definition) is 1. The molecule has 0 spiro atoms. The summed E-state index contributed by atoms with van der Waals surface area (Å²) in [5, 5.41) is 0.850. The van der Waals surface area contributed by atoms with Gasteiger partial charge in [0.1, 0.15) is 0 Å². The van der Waals surface area contributed by atoms with Gasteiger partial charge in [-0.15, -0.1) is 11.6 Å². The number of hydroxylamine groups is 1. The smallest absolute Gasteiger partial charge is 0.335 e. The summed E-state index contributed by atoms with van der Waals surface area (Å²) in [5.74, 6) is -0.701. The van der Waals surface area contributed by atoms with Crippen LogP contribution in [0.2, 0.25) is 0 Å². The van der Waals surface area contributed by atoms with E-state index in [0.717, 1.165) is 18.2 Å². The lowest BCUT2D eigenvalue weighted by atomic mass is 10.1. The van der Waals surface area contributed by atoms with Crippen LogP contribution in [0.25, 0.3) is 0 Å². The van der Waals surface area contributed by atoms with Crippen LogP contribution in [0.1, 0.15) is 35.2 Å². The SMILES string of the molecule is O=C(CCCCBr)NOC(=O)c1ccccc1CCl. The van der Waals surface area contributed by atoms with Gasteiger partial charge in [-0.3, -0.25) is 4.79 Å². The van der Waals surface area contributed by atoms with Gasteiger partial charge >= 0.3 is 5.97 Å². The van der Waals surface area contributed by atoms with Gasteiger partial charge in [0.25, 0.3) is 5.91 Å². The molecule has 0 saturated carbocycles. The molecule has 1 N–H and O–H groups in total. The molecule has 1 amide bonds. The Labute approximate surface area is 125 Å². The summed E-state index contributed by atoms with van der Waals surface area (Å²) in [6.07, 6.45) is 1.97. The Morgan fingerprint density at radius 3 is 2.68 bits per heavy atom. The molecule has 0 atom stereocenters. The van der Waals surface area contributed by atoms with Gasteiger partial charge in [-0.1, -0.05) is 34.1 Å². The summed E-state index contributed by atoms with van der Waals surface area (Å²) in [6, 6.07) is 6.84. The molecular formula is C13H15BrClNO3. The second-order valence-corrected chi connectivity index (χ2v) is 4.91. The van der Waals surface area contributed by atoms with Crippen LogP contribution in [-0.2, 0) is 15.5 Å². The fourth-order valence-corrected chi connectivity index (χ4v) is 2.05. The highest BCUT2D eigenvalue weighted by atomic mass is 79.9. The number of hydrogen-bond acceptors (Lipinski definition) is 3. The van der Waals surface area contributed by atoms with Crippen LogP contribution in [-0.4, -0.2) is 17.2 Å². The Kier molecular flexibility index (Phi) is 7.52. The summed E-state index contributed by atoms with van der Waals surface area (Å²) < 4.78 is 0. The molecule has 0 bridgehead atoms. The molecule has 6 heteroatoms. The van der Waals surface area contributed by atoms with Crippen molar-refractivity contribution < 1.29 is 14.4 Å². The zero-order valence-corrected chi connectivity index (χ0v) is 12.7. The molecule has 0 saturated heterocycles. The van der Waals surface area contributed by atoms with E-state index in [1.165, 1.54) is 0 Å². The first-order valence-electron chi connectivity index (χ1n) is 5.89. The van der Waals surface area contributed by atoms with Crippen molar-refractivity contribution in [2.24, 2.45) is 0 Å². The molecule has 1 aromatic carbocycles. The highest BCUT2D eigenvalue weighted by Gasteiger charge is 2.13. The van der Waals surface area contributed by atoms with E-state index in [1.807, 2.05) is 0 Å². The van der Waals surface area contributed by atoms with Crippen LogP contribution in [0.5, 0.6) is 0 Å². The van der Waals surface area contributed by atoms with Gasteiger partial charge in [0.2, 0.25) is 0 Å². The van der Waals surface area contributed by atoms with Crippen LogP contribution in [0.15, 0.2) is 24.3 Å². The van der Waals surface area contributed by atoms with Crippen molar-refractivity contribution in [3.63, 3.8) is 0 Å². The summed E-state index contributed by atoms with van der Waals surface area (Å²) in [4.78, 5) is 27.9. The van der Waals surface area contributed by atoms with Crippen LogP contribution >= 0.6 is 27.5 Å². The second kappa shape index (κ2) is 8.93. The van der Waals surface area contributed by atoms with Crippen LogP contribution in [0.3, 0.4) is 0 Å². The predicted molar refractivity (Wildman–Crippen MR) is 77.2 cm³/mol. The zero-order valence-electron chi connectivity index (χ0n) is 10.3. The van der Waals surface area contributed by atoms with Gasteiger partial charge in [-0.2, -0.15) is 5.48 Å². The van der Waals surface area contributed by atoms with E-state index in [2.05, 4.69) is 21.4 Å². The van der Waals surface area contributed by atoms with E-state index < -0.39 is 5.97 Å². The van der Waals surface area contributed by atoms with E-state index in [-0.39, 0.29) is 11.8 Å². The third kappa shape index (κ3) is 5.61. The third-order valence-corrected chi connectivity index (χ3v) is 3.27. The lowest BCUT2D eigenvalue weighted by Crippen LogP contribution is -2.27. The van der Waals surface area contributed by atoms with Gasteiger partial charge in [0, 0.05) is 17.6 Å². The Hall–Kier alpha value is -1.07. The fourth-order valence-electron chi connectivity index (χ4n) is 1.43. The minimum atomic E-state index is -0.606. The number of carbonyl (C=O) groups is 2. The van der Waals surface area contributed by atoms with Crippen LogP contribution < -0.4 is 5.48 Å². The van der Waals surface area contributed by atoms with E-state index >= 15 is 0 Å². The molecule has 0 aliphatic carbocycles. The van der Waals surface area contributed by atoms with Crippen molar-refractivity contribution in [2.75, 3.05) is 5.33 Å². The number of amides is 1. The molecule has 0 aliphatic rings. The molecule has 0 heterocycles. The number of unbranched alkanes of at least 4 members (excludes halogenated alkanes) is 1. The molecular weight excluding hydrogens is 334 g/mol. The van der Waals surface area contributed by atoms with Crippen molar-refractivity contribution in [1.29, 1.82) is 0 Å². The Morgan fingerprint density at radius 1 is 1.26 bits per heavy atom. The number of nitrogens with one attached hydrogen (secondary N) is 1. The standard InChI is InChI=1S/C13H15BrClNO3/c14-8-4-3-7-12(17)16-19-13(18)11-6-2-1-5-10(11)9-15/h1-2,5-6H,3-4,7-9H2,(H,16,17). The van der Waals surface area contributed by atoms with Crippen LogP contribution in [0, 0.1) is 0 Å². The molecule has 1 aromatic rings. The Bertz CT molecular complexity index is 440. The number of benzene rings is 1. The topological polar surface area (TPSA) is 55.4 Å². The first-order valence-corrected chi connectivity index (χ1v) is 7.54. The lowest BCUT2D eigenvalue weighted by Gasteiger charge is -2.07. The molecule has 0 fully saturated rings. The summed E-state index contributed by atoms with van der Waals surface area (Å²) in [5.41, 5.74) is 3.17. The maximum absolute atomic E-state index is 11.8. The molecule has 4 nitrogen and oxygen atoms in total. The first kappa shape index (κ1) is 16.0. The lowest BCUT2D eigenvalue weighted by molar-refractivity contribution is -0.130. The average molecular weight is 349 g/mol. The Morgan fingerprint density at radius 2 is 2.00 bits per heavy atom. The van der Waals surface area contributed by atoms with Crippen molar-refractivity contribution in [1.82, 2.24) is 5.48 Å². The van der Waals surface area contributed by atoms with Gasteiger partial charge in [0.05, 0.1) is 5.56 Å². The molecule has 0 aliphatic heterocycles. The van der Waals surface area contributed by atoms with Gasteiger partial charge in [0.15, 0.2) is 0 Å². The zero-order chi connectivity index (χ0) is 14.1. The quantitative estimate of drug-likeness (QED) is 0.488. The maximum Gasteiger partial charge on any atom is 0.363 e. The largest absolute Gasteiger partial charge is 0.363 e. The molecule has 0 aromatic heterocycles. The number of halogens is 2. The van der Waals surface area contributed by atoms with Gasteiger partial charge < -0.3 is 4.84 Å². The number of alkyl halides is 2. The Balaban J connectivity index is 2.44. The fraction of sp³-hybridized carbons (Fsp3) is 0.385. The van der Waals surface area contributed by atoms with Crippen molar-refractivity contribution in [2.45, 2.75) is 25.1 Å².